The molecule has 3 aliphatic rings. The quantitative estimate of drug-likeness (QED) is 0.520. The molecule has 0 bridgehead atoms. The van der Waals surface area contributed by atoms with E-state index in [-0.39, 0.29) is 17.5 Å². The number of carbonyl (C=O) groups excluding carboxylic acids is 1. The second kappa shape index (κ2) is 9.55. The second-order valence-electron chi connectivity index (χ2n) is 10.2. The number of hydrogen-bond donors (Lipinski definition) is 1. The molecule has 1 N–H and O–H groups in total. The van der Waals surface area contributed by atoms with Gasteiger partial charge in [0.05, 0.1) is 23.1 Å². The van der Waals surface area contributed by atoms with Crippen LogP contribution >= 0.6 is 0 Å². The molecule has 2 heterocycles. The summed E-state index contributed by atoms with van der Waals surface area (Å²) in [5.41, 5.74) is -4.18. The topological polar surface area (TPSA) is 50.8 Å². The first kappa shape index (κ1) is 26.2. The van der Waals surface area contributed by atoms with E-state index in [4.69, 9.17) is 9.47 Å². The molecule has 5 nitrogen and oxygen atoms in total. The van der Waals surface area contributed by atoms with Crippen molar-refractivity contribution in [1.82, 2.24) is 10.2 Å². The number of ether oxygens (including phenoxy) is 2. The lowest BCUT2D eigenvalue weighted by Gasteiger charge is -2.33. The summed E-state index contributed by atoms with van der Waals surface area (Å²) >= 11 is 0. The van der Waals surface area contributed by atoms with Crippen LogP contribution in [0.15, 0.2) is 18.2 Å². The summed E-state index contributed by atoms with van der Waals surface area (Å²) in [5.74, 6) is 0.0873. The lowest BCUT2D eigenvalue weighted by molar-refractivity contribution is -0.143. The van der Waals surface area contributed by atoms with E-state index in [0.29, 0.717) is 63.7 Å². The zero-order valence-electron chi connectivity index (χ0n) is 19.5. The van der Waals surface area contributed by atoms with Gasteiger partial charge in [-0.05, 0) is 49.1 Å². The molecule has 1 aliphatic carbocycles. The number of amides is 1. The number of carbonyl (C=O) groups is 1. The predicted octanol–water partition coefficient (Wildman–Crippen LogP) is 4.64. The number of benzene rings is 1. The summed E-state index contributed by atoms with van der Waals surface area (Å²) < 4.78 is 90.3. The Bertz CT molecular complexity index is 893. The summed E-state index contributed by atoms with van der Waals surface area (Å²) in [4.78, 5) is 15.5. The van der Waals surface area contributed by atoms with Gasteiger partial charge in [-0.15, -0.1) is 0 Å². The van der Waals surface area contributed by atoms with Crippen LogP contribution in [-0.2, 0) is 33.2 Å². The maximum atomic E-state index is 13.4. The van der Waals surface area contributed by atoms with Crippen LogP contribution in [0.1, 0.15) is 48.8 Å². The normalized spacial score (nSPS) is 28.0. The zero-order chi connectivity index (χ0) is 25.5. The molecule has 2 aliphatic heterocycles. The molecule has 3 fully saturated rings. The summed E-state index contributed by atoms with van der Waals surface area (Å²) in [7, 11) is 1.64. The van der Waals surface area contributed by atoms with Crippen LogP contribution in [0.5, 0.6) is 0 Å². The van der Waals surface area contributed by atoms with E-state index >= 15 is 0 Å². The number of likely N-dealkylation sites (tertiary alicyclic amines) is 1. The Kier molecular flexibility index (Phi) is 7.16. The molecule has 1 saturated carbocycles. The molecular formula is C24H30F6N2O3. The number of rotatable bonds is 8. The van der Waals surface area contributed by atoms with Gasteiger partial charge in [0.2, 0.25) is 5.91 Å². The Hall–Kier alpha value is -1.85. The highest BCUT2D eigenvalue weighted by Crippen LogP contribution is 2.46. The molecule has 11 heteroatoms. The number of alkyl halides is 6. The average Bonchev–Trinajstić information content (AvgIpc) is 3.31. The Balaban J connectivity index is 1.48. The third-order valence-corrected chi connectivity index (χ3v) is 7.40. The van der Waals surface area contributed by atoms with Crippen LogP contribution in [0, 0.1) is 11.3 Å². The minimum atomic E-state index is -4.93. The van der Waals surface area contributed by atoms with Crippen LogP contribution in [0.3, 0.4) is 0 Å². The van der Waals surface area contributed by atoms with Gasteiger partial charge >= 0.3 is 12.4 Å². The summed E-state index contributed by atoms with van der Waals surface area (Å²) in [6.07, 6.45) is -5.84. The first-order chi connectivity index (χ1) is 16.3. The number of nitrogens with zero attached hydrogens (tertiary/aromatic N) is 1. The fourth-order valence-corrected chi connectivity index (χ4v) is 5.25. The van der Waals surface area contributed by atoms with E-state index < -0.39 is 41.0 Å². The van der Waals surface area contributed by atoms with Gasteiger partial charge in [0.25, 0.3) is 0 Å². The summed E-state index contributed by atoms with van der Waals surface area (Å²) in [6, 6.07) is 1.41. The van der Waals surface area contributed by atoms with E-state index in [1.54, 1.807) is 7.11 Å². The first-order valence-electron chi connectivity index (χ1n) is 11.8. The van der Waals surface area contributed by atoms with Crippen molar-refractivity contribution in [3.05, 3.63) is 34.9 Å². The monoisotopic (exact) mass is 508 g/mol. The third kappa shape index (κ3) is 6.11. The highest BCUT2D eigenvalue weighted by atomic mass is 19.4. The van der Waals surface area contributed by atoms with E-state index in [2.05, 4.69) is 10.2 Å². The smallest absolute Gasteiger partial charge is 0.378 e. The molecule has 35 heavy (non-hydrogen) atoms. The molecule has 4 rings (SSSR count). The van der Waals surface area contributed by atoms with Gasteiger partial charge in [0.1, 0.15) is 5.60 Å². The Labute approximate surface area is 200 Å². The number of halogens is 6. The van der Waals surface area contributed by atoms with Crippen molar-refractivity contribution in [2.45, 2.75) is 56.6 Å². The zero-order valence-corrected chi connectivity index (χ0v) is 19.5. The average molecular weight is 509 g/mol. The van der Waals surface area contributed by atoms with Crippen LogP contribution in [-0.4, -0.2) is 56.4 Å². The summed E-state index contributed by atoms with van der Waals surface area (Å²) in [6.45, 7) is 2.40. The van der Waals surface area contributed by atoms with Crippen molar-refractivity contribution in [2.24, 2.45) is 11.3 Å². The lowest BCUT2D eigenvalue weighted by Crippen LogP contribution is -2.47. The number of hydrogen-bond acceptors (Lipinski definition) is 4. The molecule has 1 aromatic carbocycles. The van der Waals surface area contributed by atoms with Gasteiger partial charge in [0, 0.05) is 39.8 Å². The lowest BCUT2D eigenvalue weighted by atomic mass is 9.80. The number of methoxy groups -OCH3 is 1. The van der Waals surface area contributed by atoms with Gasteiger partial charge in [-0.3, -0.25) is 9.69 Å². The minimum absolute atomic E-state index is 0.0904. The van der Waals surface area contributed by atoms with E-state index in [9.17, 15) is 31.1 Å². The maximum Gasteiger partial charge on any atom is 0.416 e. The molecule has 0 radical (unpaired) electrons. The van der Waals surface area contributed by atoms with E-state index in [1.807, 2.05) is 0 Å². The van der Waals surface area contributed by atoms with Gasteiger partial charge in [0.15, 0.2) is 0 Å². The second-order valence-corrected chi connectivity index (χ2v) is 10.2. The fourth-order valence-electron chi connectivity index (χ4n) is 5.25. The Morgan fingerprint density at radius 3 is 2.29 bits per heavy atom. The van der Waals surface area contributed by atoms with Gasteiger partial charge < -0.3 is 14.8 Å². The molecule has 196 valence electrons. The first-order valence-corrected chi connectivity index (χ1v) is 11.8. The molecule has 0 spiro atoms. The van der Waals surface area contributed by atoms with Gasteiger partial charge in [-0.1, -0.05) is 12.8 Å². The highest BCUT2D eigenvalue weighted by molar-refractivity contribution is 5.83. The van der Waals surface area contributed by atoms with Crippen LogP contribution in [0.4, 0.5) is 26.3 Å². The number of nitrogens with one attached hydrogen (secondary N) is 1. The third-order valence-electron chi connectivity index (χ3n) is 7.40. The van der Waals surface area contributed by atoms with Crippen molar-refractivity contribution in [1.29, 1.82) is 0 Å². The van der Waals surface area contributed by atoms with Gasteiger partial charge in [-0.2, -0.15) is 26.3 Å². The van der Waals surface area contributed by atoms with Crippen molar-refractivity contribution in [3.63, 3.8) is 0 Å². The molecule has 0 aromatic heterocycles. The SMILES string of the molecule is COC1(CN2CCC(CC3CC3)(C(=O)NCc3cc(C(F)(F)F)cc(C(F)(F)F)c3)C2)CCOC1. The predicted molar refractivity (Wildman–Crippen MR) is 114 cm³/mol. The molecule has 1 amide bonds. The molecular weight excluding hydrogens is 478 g/mol. The van der Waals surface area contributed by atoms with Crippen molar-refractivity contribution < 1.29 is 40.6 Å². The highest BCUT2D eigenvalue weighted by Gasteiger charge is 2.49. The molecule has 2 saturated heterocycles. The molecule has 1 aromatic rings. The van der Waals surface area contributed by atoms with E-state index in [1.165, 1.54) is 0 Å². The largest absolute Gasteiger partial charge is 0.416 e. The van der Waals surface area contributed by atoms with Crippen molar-refractivity contribution in [2.75, 3.05) is 40.0 Å². The van der Waals surface area contributed by atoms with Crippen LogP contribution < -0.4 is 5.32 Å². The Morgan fingerprint density at radius 1 is 1.11 bits per heavy atom. The minimum Gasteiger partial charge on any atom is -0.378 e. The van der Waals surface area contributed by atoms with Crippen molar-refractivity contribution >= 4 is 5.91 Å². The Morgan fingerprint density at radius 2 is 1.77 bits per heavy atom. The van der Waals surface area contributed by atoms with Crippen LogP contribution in [0.25, 0.3) is 0 Å². The van der Waals surface area contributed by atoms with Crippen LogP contribution in [0.2, 0.25) is 0 Å². The summed E-state index contributed by atoms with van der Waals surface area (Å²) in [5, 5.41) is 2.65. The standard InChI is InChI=1S/C24H30F6N2O3/c1-34-22(5-7-35-15-22)14-32-6-4-21(13-32,11-16-2-3-16)20(33)31-12-17-8-18(23(25,26)27)10-19(9-17)24(28,29)30/h8-10,16H,2-7,11-15H2,1H3,(H,31,33). The molecule has 2 unspecified atom stereocenters. The van der Waals surface area contributed by atoms with Gasteiger partial charge in [-0.25, -0.2) is 0 Å². The molecule has 2 atom stereocenters. The van der Waals surface area contributed by atoms with E-state index in [0.717, 1.165) is 19.3 Å². The maximum absolute atomic E-state index is 13.4. The van der Waals surface area contributed by atoms with Crippen molar-refractivity contribution in [3.8, 4) is 0 Å². The fraction of sp³-hybridized carbons (Fsp3) is 0.708.